The first-order chi connectivity index (χ1) is 14.5. The van der Waals surface area contributed by atoms with Crippen LogP contribution in [0.2, 0.25) is 0 Å². The van der Waals surface area contributed by atoms with E-state index in [4.69, 9.17) is 0 Å². The van der Waals surface area contributed by atoms with Crippen LogP contribution in [0.4, 0.5) is 5.69 Å². The van der Waals surface area contributed by atoms with E-state index in [1.54, 1.807) is 11.9 Å². The fraction of sp³-hybridized carbons (Fsp3) is 0.182. The summed E-state index contributed by atoms with van der Waals surface area (Å²) in [7, 11) is 2.96. The number of anilines is 1. The van der Waals surface area contributed by atoms with Crippen LogP contribution in [0.25, 0.3) is 11.2 Å². The van der Waals surface area contributed by atoms with Crippen LogP contribution in [0.1, 0.15) is 5.56 Å². The molecule has 0 atom stereocenters. The smallest absolute Gasteiger partial charge is 0.315 e. The molecule has 0 radical (unpaired) electrons. The highest BCUT2D eigenvalue weighted by Gasteiger charge is 2.20. The molecular weight excluding hydrogens is 382 g/mol. The van der Waals surface area contributed by atoms with E-state index in [2.05, 4.69) is 4.98 Å². The normalized spacial score (nSPS) is 11.0. The summed E-state index contributed by atoms with van der Waals surface area (Å²) < 4.78 is 3.82. The van der Waals surface area contributed by atoms with Crippen molar-refractivity contribution in [2.45, 2.75) is 13.1 Å². The van der Waals surface area contributed by atoms with Crippen molar-refractivity contribution in [3.05, 3.63) is 93.4 Å². The second-order valence-corrected chi connectivity index (χ2v) is 7.05. The number of hydrogen-bond donors (Lipinski definition) is 0. The molecule has 0 spiro atoms. The molecule has 0 fully saturated rings. The Morgan fingerprint density at radius 2 is 1.57 bits per heavy atom. The number of imidazole rings is 1. The van der Waals surface area contributed by atoms with E-state index in [0.717, 1.165) is 15.8 Å². The van der Waals surface area contributed by atoms with Gasteiger partial charge in [-0.05, 0) is 17.7 Å². The van der Waals surface area contributed by atoms with Crippen LogP contribution in [0.15, 0.2) is 76.6 Å². The van der Waals surface area contributed by atoms with Crippen LogP contribution in [-0.2, 0) is 32.0 Å². The third-order valence-electron chi connectivity index (χ3n) is 5.08. The monoisotopic (exact) mass is 403 g/mol. The molecule has 2 aromatic heterocycles. The standard InChI is InChI=1S/C22H21N5O3/c1-24-20-19(21(29)25(2)22(24)30)26(15-23-20)14-18(28)27(17-11-7-4-8-12-17)13-16-9-5-3-6-10-16/h3-12,15H,13-14H2,1-2H3. The second-order valence-electron chi connectivity index (χ2n) is 7.05. The molecule has 0 aliphatic rings. The van der Waals surface area contributed by atoms with E-state index in [9.17, 15) is 14.4 Å². The van der Waals surface area contributed by atoms with E-state index >= 15 is 0 Å². The van der Waals surface area contributed by atoms with E-state index in [1.165, 1.54) is 22.5 Å². The molecule has 4 aromatic rings. The van der Waals surface area contributed by atoms with Gasteiger partial charge in [0.05, 0.1) is 12.9 Å². The Balaban J connectivity index is 1.73. The molecule has 30 heavy (non-hydrogen) atoms. The van der Waals surface area contributed by atoms with Gasteiger partial charge in [0.1, 0.15) is 6.54 Å². The van der Waals surface area contributed by atoms with Crippen molar-refractivity contribution < 1.29 is 4.79 Å². The number of nitrogens with zero attached hydrogens (tertiary/aromatic N) is 5. The number of para-hydroxylation sites is 1. The molecule has 0 aliphatic heterocycles. The van der Waals surface area contributed by atoms with Crippen LogP contribution in [0, 0.1) is 0 Å². The van der Waals surface area contributed by atoms with Gasteiger partial charge in [-0.3, -0.25) is 18.7 Å². The van der Waals surface area contributed by atoms with Gasteiger partial charge in [-0.2, -0.15) is 0 Å². The van der Waals surface area contributed by atoms with Gasteiger partial charge in [0.2, 0.25) is 5.91 Å². The lowest BCUT2D eigenvalue weighted by Gasteiger charge is -2.23. The first-order valence-electron chi connectivity index (χ1n) is 9.47. The molecular formula is C22H21N5O3. The second kappa shape index (κ2) is 7.82. The van der Waals surface area contributed by atoms with Crippen LogP contribution in [0.3, 0.4) is 0 Å². The number of carbonyl (C=O) groups is 1. The Kier molecular flexibility index (Phi) is 5.05. The van der Waals surface area contributed by atoms with Crippen molar-refractivity contribution in [2.24, 2.45) is 14.1 Å². The fourth-order valence-corrected chi connectivity index (χ4v) is 3.45. The minimum atomic E-state index is -0.479. The van der Waals surface area contributed by atoms with Crippen molar-refractivity contribution in [1.82, 2.24) is 18.7 Å². The average Bonchev–Trinajstić information content (AvgIpc) is 3.19. The predicted octanol–water partition coefficient (Wildman–Crippen LogP) is 1.67. The van der Waals surface area contributed by atoms with E-state index in [1.807, 2.05) is 60.7 Å². The molecule has 0 aliphatic carbocycles. The van der Waals surface area contributed by atoms with E-state index < -0.39 is 11.2 Å². The summed E-state index contributed by atoms with van der Waals surface area (Å²) in [6.45, 7) is 0.318. The topological polar surface area (TPSA) is 82.1 Å². The molecule has 1 amide bonds. The van der Waals surface area contributed by atoms with E-state index in [0.29, 0.717) is 6.54 Å². The third-order valence-corrected chi connectivity index (χ3v) is 5.08. The molecule has 0 unspecified atom stereocenters. The summed E-state index contributed by atoms with van der Waals surface area (Å²) in [5, 5.41) is 0. The number of fused-ring (bicyclic) bond motifs is 1. The Morgan fingerprint density at radius 1 is 0.933 bits per heavy atom. The number of amides is 1. The van der Waals surface area contributed by atoms with Crippen molar-refractivity contribution in [1.29, 1.82) is 0 Å². The van der Waals surface area contributed by atoms with Gasteiger partial charge in [-0.1, -0.05) is 48.5 Å². The third kappa shape index (κ3) is 3.43. The number of aryl methyl sites for hydroxylation is 1. The molecule has 8 heteroatoms. The number of aromatic nitrogens is 4. The fourth-order valence-electron chi connectivity index (χ4n) is 3.45. The van der Waals surface area contributed by atoms with Crippen molar-refractivity contribution in [3.8, 4) is 0 Å². The highest BCUT2D eigenvalue weighted by atomic mass is 16.2. The van der Waals surface area contributed by atoms with Crippen LogP contribution in [0.5, 0.6) is 0 Å². The van der Waals surface area contributed by atoms with Crippen LogP contribution in [-0.4, -0.2) is 24.6 Å². The van der Waals surface area contributed by atoms with Crippen LogP contribution < -0.4 is 16.1 Å². The zero-order valence-corrected chi connectivity index (χ0v) is 16.7. The lowest BCUT2D eigenvalue weighted by molar-refractivity contribution is -0.119. The summed E-state index contributed by atoms with van der Waals surface area (Å²) in [6, 6.07) is 19.1. The molecule has 152 valence electrons. The molecule has 0 saturated carbocycles. The van der Waals surface area contributed by atoms with E-state index in [-0.39, 0.29) is 23.6 Å². The maximum absolute atomic E-state index is 13.3. The van der Waals surface area contributed by atoms with Crippen molar-refractivity contribution in [2.75, 3.05) is 4.90 Å². The van der Waals surface area contributed by atoms with Gasteiger partial charge in [0.15, 0.2) is 11.2 Å². The maximum Gasteiger partial charge on any atom is 0.332 e. The Labute approximate surface area is 172 Å². The predicted molar refractivity (Wildman–Crippen MR) is 114 cm³/mol. The first kappa shape index (κ1) is 19.4. The minimum Gasteiger partial charge on any atom is -0.315 e. The molecule has 4 rings (SSSR count). The van der Waals surface area contributed by atoms with Gasteiger partial charge in [-0.15, -0.1) is 0 Å². The summed E-state index contributed by atoms with van der Waals surface area (Å²) in [6.07, 6.45) is 1.43. The largest absolute Gasteiger partial charge is 0.332 e. The lowest BCUT2D eigenvalue weighted by atomic mass is 10.2. The molecule has 2 heterocycles. The molecule has 0 N–H and O–H groups in total. The van der Waals surface area contributed by atoms with Crippen molar-refractivity contribution >= 4 is 22.8 Å². The van der Waals surface area contributed by atoms with Crippen LogP contribution >= 0.6 is 0 Å². The van der Waals surface area contributed by atoms with Gasteiger partial charge in [-0.25, -0.2) is 9.78 Å². The lowest BCUT2D eigenvalue weighted by Crippen LogP contribution is -2.38. The SMILES string of the molecule is Cn1c(=O)c2c(ncn2CC(=O)N(Cc2ccccc2)c2ccccc2)n(C)c1=O. The molecule has 0 bridgehead atoms. The zero-order valence-electron chi connectivity index (χ0n) is 16.7. The van der Waals surface area contributed by atoms with Gasteiger partial charge in [0, 0.05) is 19.8 Å². The first-order valence-corrected chi connectivity index (χ1v) is 9.47. The maximum atomic E-state index is 13.3. The summed E-state index contributed by atoms with van der Waals surface area (Å²) >= 11 is 0. The Hall–Kier alpha value is -3.94. The van der Waals surface area contributed by atoms with Gasteiger partial charge < -0.3 is 9.47 Å². The van der Waals surface area contributed by atoms with Gasteiger partial charge in [0.25, 0.3) is 5.56 Å². The number of hydrogen-bond acceptors (Lipinski definition) is 4. The molecule has 0 saturated heterocycles. The summed E-state index contributed by atoms with van der Waals surface area (Å²) in [4.78, 5) is 44.0. The highest BCUT2D eigenvalue weighted by Crippen LogP contribution is 2.18. The minimum absolute atomic E-state index is 0.0777. The van der Waals surface area contributed by atoms with Crippen molar-refractivity contribution in [3.63, 3.8) is 0 Å². The highest BCUT2D eigenvalue weighted by molar-refractivity contribution is 5.93. The average molecular weight is 403 g/mol. The number of carbonyl (C=O) groups excluding carboxylic acids is 1. The quantitative estimate of drug-likeness (QED) is 0.508. The van der Waals surface area contributed by atoms with Gasteiger partial charge >= 0.3 is 5.69 Å². The zero-order chi connectivity index (χ0) is 21.3. The summed E-state index contributed by atoms with van der Waals surface area (Å²) in [5.41, 5.74) is 1.29. The molecule has 8 nitrogen and oxygen atoms in total. The summed E-state index contributed by atoms with van der Waals surface area (Å²) in [5.74, 6) is -0.194. The Morgan fingerprint density at radius 3 is 2.23 bits per heavy atom. The Bertz CT molecular complexity index is 1320. The molecule has 2 aromatic carbocycles. The number of rotatable bonds is 5. The number of benzene rings is 2.